The Balaban J connectivity index is 1.31. The molecular weight excluding hydrogens is 510 g/mol. The molecule has 1 fully saturated rings. The van der Waals surface area contributed by atoms with Gasteiger partial charge in [-0.3, -0.25) is 0 Å². The van der Waals surface area contributed by atoms with E-state index in [0.717, 1.165) is 74.3 Å². The Morgan fingerprint density at radius 1 is 1.07 bits per heavy atom. The molecule has 41 heavy (non-hydrogen) atoms. The number of allylic oxidation sites excluding steroid dienone is 2. The minimum absolute atomic E-state index is 0.191. The first-order chi connectivity index (χ1) is 19.8. The van der Waals surface area contributed by atoms with Crippen molar-refractivity contribution in [1.29, 1.82) is 0 Å². The van der Waals surface area contributed by atoms with Gasteiger partial charge in [0.15, 0.2) is 0 Å². The van der Waals surface area contributed by atoms with Gasteiger partial charge in [-0.1, -0.05) is 48.6 Å². The highest BCUT2D eigenvalue weighted by Gasteiger charge is 2.27. The topological polar surface area (TPSA) is 56.6 Å². The number of carbonyl (C=O) groups is 1. The van der Waals surface area contributed by atoms with Crippen LogP contribution in [0.2, 0.25) is 0 Å². The highest BCUT2D eigenvalue weighted by Crippen LogP contribution is 2.27. The fourth-order valence-corrected chi connectivity index (χ4v) is 5.72. The van der Waals surface area contributed by atoms with E-state index in [4.69, 9.17) is 14.5 Å². The van der Waals surface area contributed by atoms with E-state index in [0.29, 0.717) is 12.5 Å². The van der Waals surface area contributed by atoms with Crippen molar-refractivity contribution < 1.29 is 14.3 Å². The number of hydrogen-bond acceptors (Lipinski definition) is 4. The van der Waals surface area contributed by atoms with Crippen LogP contribution in [-0.4, -0.2) is 39.2 Å². The Hall–Kier alpha value is -3.80. The molecule has 216 valence electrons. The average molecular weight is 554 g/mol. The minimum Gasteiger partial charge on any atom is -0.486 e. The van der Waals surface area contributed by atoms with E-state index in [9.17, 15) is 4.79 Å². The van der Waals surface area contributed by atoms with E-state index in [-0.39, 0.29) is 6.09 Å². The van der Waals surface area contributed by atoms with Crippen molar-refractivity contribution in [1.82, 2.24) is 14.5 Å². The number of fused-ring (bicyclic) bond motifs is 2. The van der Waals surface area contributed by atoms with Gasteiger partial charge in [-0.25, -0.2) is 9.78 Å². The standard InChI is InChI=1S/C35H43N3O3/c1-5-6-12-26-13-9-18-30(21-26)40-25-33-36-31-22-28-16-7-8-17-29(28)23-32(31)38(33)20-11-15-27-14-10-19-37(24-27)34(39)41-35(2,3)4/h5-9,13,16-18,21-23,27H,10-12,14-15,19-20,24-25H2,1-4H3/b6-5+. The van der Waals surface area contributed by atoms with Crippen molar-refractivity contribution in [3.63, 3.8) is 0 Å². The maximum absolute atomic E-state index is 12.7. The zero-order chi connectivity index (χ0) is 28.8. The number of likely N-dealkylation sites (tertiary alicyclic amines) is 1. The molecule has 0 N–H and O–H groups in total. The molecule has 1 aromatic heterocycles. The second-order valence-electron chi connectivity index (χ2n) is 12.2. The maximum Gasteiger partial charge on any atom is 0.410 e. The Bertz CT molecular complexity index is 1510. The summed E-state index contributed by atoms with van der Waals surface area (Å²) in [5.41, 5.74) is 2.90. The van der Waals surface area contributed by atoms with Crippen LogP contribution >= 0.6 is 0 Å². The lowest BCUT2D eigenvalue weighted by atomic mass is 9.93. The predicted molar refractivity (Wildman–Crippen MR) is 166 cm³/mol. The first kappa shape index (κ1) is 28.7. The number of rotatable bonds is 9. The van der Waals surface area contributed by atoms with Crippen LogP contribution < -0.4 is 4.74 Å². The van der Waals surface area contributed by atoms with Gasteiger partial charge in [-0.05, 0) is 106 Å². The number of amides is 1. The van der Waals surface area contributed by atoms with Crippen LogP contribution in [0.4, 0.5) is 4.79 Å². The number of ether oxygens (including phenoxy) is 2. The van der Waals surface area contributed by atoms with Gasteiger partial charge in [0.1, 0.15) is 23.8 Å². The van der Waals surface area contributed by atoms with Gasteiger partial charge in [0.05, 0.1) is 11.0 Å². The van der Waals surface area contributed by atoms with E-state index in [1.165, 1.54) is 16.3 Å². The zero-order valence-corrected chi connectivity index (χ0v) is 24.9. The van der Waals surface area contributed by atoms with Crippen LogP contribution in [0.1, 0.15) is 64.8 Å². The highest BCUT2D eigenvalue weighted by atomic mass is 16.6. The van der Waals surface area contributed by atoms with Crippen LogP contribution in [0.3, 0.4) is 0 Å². The summed E-state index contributed by atoms with van der Waals surface area (Å²) in [5, 5.41) is 2.41. The molecule has 6 heteroatoms. The molecule has 0 radical (unpaired) electrons. The van der Waals surface area contributed by atoms with Crippen LogP contribution in [0, 0.1) is 5.92 Å². The molecule has 2 heterocycles. The summed E-state index contributed by atoms with van der Waals surface area (Å²) in [6, 6.07) is 21.2. The van der Waals surface area contributed by atoms with Gasteiger partial charge in [-0.15, -0.1) is 0 Å². The average Bonchev–Trinajstić information content (AvgIpc) is 3.29. The number of carbonyl (C=O) groups excluding carboxylic acids is 1. The number of imidazole rings is 1. The number of aromatic nitrogens is 2. The molecule has 4 aromatic rings. The quantitative estimate of drug-likeness (QED) is 0.196. The highest BCUT2D eigenvalue weighted by molar-refractivity contribution is 5.95. The summed E-state index contributed by atoms with van der Waals surface area (Å²) in [6.45, 7) is 10.6. The monoisotopic (exact) mass is 553 g/mol. The minimum atomic E-state index is -0.469. The van der Waals surface area contributed by atoms with Crippen LogP contribution in [0.25, 0.3) is 21.8 Å². The van der Waals surface area contributed by atoms with Crippen LogP contribution in [0.15, 0.2) is 72.8 Å². The fraction of sp³-hybridized carbons (Fsp3) is 0.429. The Kier molecular flexibility index (Phi) is 8.96. The van der Waals surface area contributed by atoms with E-state index in [1.807, 2.05) is 38.7 Å². The molecule has 1 saturated heterocycles. The molecule has 1 aliphatic heterocycles. The lowest BCUT2D eigenvalue weighted by Gasteiger charge is -2.34. The summed E-state index contributed by atoms with van der Waals surface area (Å²) in [7, 11) is 0. The molecule has 0 aliphatic carbocycles. The van der Waals surface area contributed by atoms with Gasteiger partial charge in [0.25, 0.3) is 0 Å². The summed E-state index contributed by atoms with van der Waals surface area (Å²) < 4.78 is 14.3. The number of benzene rings is 3. The Labute approximate surface area is 244 Å². The molecular formula is C35H43N3O3. The Morgan fingerprint density at radius 3 is 2.66 bits per heavy atom. The second kappa shape index (κ2) is 12.8. The number of hydrogen-bond donors (Lipinski definition) is 0. The van der Waals surface area contributed by atoms with Crippen molar-refractivity contribution in [2.24, 2.45) is 5.92 Å². The predicted octanol–water partition coefficient (Wildman–Crippen LogP) is 8.31. The number of piperidine rings is 1. The smallest absolute Gasteiger partial charge is 0.410 e. The second-order valence-corrected chi connectivity index (χ2v) is 12.2. The summed E-state index contributed by atoms with van der Waals surface area (Å²) in [4.78, 5) is 19.6. The summed E-state index contributed by atoms with van der Waals surface area (Å²) in [6.07, 6.45) is 9.17. The van der Waals surface area contributed by atoms with Gasteiger partial charge in [-0.2, -0.15) is 0 Å². The molecule has 0 saturated carbocycles. The van der Waals surface area contributed by atoms with Gasteiger partial charge < -0.3 is 18.9 Å². The first-order valence-electron chi connectivity index (χ1n) is 15.0. The largest absolute Gasteiger partial charge is 0.486 e. The van der Waals surface area contributed by atoms with Crippen LogP contribution in [0.5, 0.6) is 5.75 Å². The van der Waals surface area contributed by atoms with E-state index in [1.54, 1.807) is 0 Å². The lowest BCUT2D eigenvalue weighted by Crippen LogP contribution is -2.42. The molecule has 1 unspecified atom stereocenters. The van der Waals surface area contributed by atoms with E-state index < -0.39 is 5.60 Å². The maximum atomic E-state index is 12.7. The summed E-state index contributed by atoms with van der Waals surface area (Å²) in [5.74, 6) is 2.28. The summed E-state index contributed by atoms with van der Waals surface area (Å²) >= 11 is 0. The van der Waals surface area contributed by atoms with E-state index in [2.05, 4.69) is 71.3 Å². The zero-order valence-electron chi connectivity index (χ0n) is 24.9. The van der Waals surface area contributed by atoms with Gasteiger partial charge in [0.2, 0.25) is 0 Å². The molecule has 5 rings (SSSR count). The van der Waals surface area contributed by atoms with Gasteiger partial charge >= 0.3 is 6.09 Å². The van der Waals surface area contributed by atoms with Crippen LogP contribution in [-0.2, 0) is 24.3 Å². The number of aryl methyl sites for hydroxylation is 1. The van der Waals surface area contributed by atoms with Crippen molar-refractivity contribution >= 4 is 27.9 Å². The molecule has 0 bridgehead atoms. The molecule has 0 spiro atoms. The molecule has 1 atom stereocenters. The first-order valence-corrected chi connectivity index (χ1v) is 15.0. The van der Waals surface area contributed by atoms with Crippen molar-refractivity contribution in [2.45, 2.75) is 78.6 Å². The van der Waals surface area contributed by atoms with E-state index >= 15 is 0 Å². The SMILES string of the molecule is C/C=C/Cc1cccc(OCc2nc3cc4ccccc4cc3n2CCCC2CCCN(C(=O)OC(C)(C)C)C2)c1. The molecule has 6 nitrogen and oxygen atoms in total. The number of nitrogens with zero attached hydrogens (tertiary/aromatic N) is 3. The third kappa shape index (κ3) is 7.49. The molecule has 3 aromatic carbocycles. The third-order valence-electron chi connectivity index (χ3n) is 7.72. The normalized spacial score (nSPS) is 16.1. The lowest BCUT2D eigenvalue weighted by molar-refractivity contribution is 0.0160. The van der Waals surface area contributed by atoms with Crippen molar-refractivity contribution in [3.8, 4) is 5.75 Å². The molecule has 1 aliphatic rings. The Morgan fingerprint density at radius 2 is 1.88 bits per heavy atom. The fourth-order valence-electron chi connectivity index (χ4n) is 5.72. The molecule has 1 amide bonds. The van der Waals surface area contributed by atoms with Crippen molar-refractivity contribution in [3.05, 3.63) is 84.2 Å². The van der Waals surface area contributed by atoms with Crippen molar-refractivity contribution in [2.75, 3.05) is 13.1 Å². The third-order valence-corrected chi connectivity index (χ3v) is 7.72. The van der Waals surface area contributed by atoms with Gasteiger partial charge in [0, 0.05) is 19.6 Å².